The predicted molar refractivity (Wildman–Crippen MR) is 122 cm³/mol. The zero-order chi connectivity index (χ0) is 22.9. The minimum absolute atomic E-state index is 0.0209. The number of hydrogen-bond donors (Lipinski definition) is 3. The fourth-order valence-corrected chi connectivity index (χ4v) is 3.43. The second kappa shape index (κ2) is 8.38. The third-order valence-electron chi connectivity index (χ3n) is 5.31. The molecule has 5 rings (SSSR count). The number of aromatic nitrogens is 3. The Labute approximate surface area is 187 Å². The second-order valence-electron chi connectivity index (χ2n) is 7.76. The van der Waals surface area contributed by atoms with Crippen LogP contribution in [-0.2, 0) is 6.54 Å². The van der Waals surface area contributed by atoms with Gasteiger partial charge >= 0.3 is 5.76 Å². The highest BCUT2D eigenvalue weighted by Crippen LogP contribution is 2.24. The van der Waals surface area contributed by atoms with Gasteiger partial charge in [-0.15, -0.1) is 0 Å². The molecule has 1 aliphatic carbocycles. The van der Waals surface area contributed by atoms with Crippen molar-refractivity contribution in [2.45, 2.75) is 32.4 Å². The van der Waals surface area contributed by atoms with Gasteiger partial charge in [-0.25, -0.2) is 14.2 Å². The Hall–Kier alpha value is -4.21. The van der Waals surface area contributed by atoms with Crippen LogP contribution in [0.1, 0.15) is 30.1 Å². The highest BCUT2D eigenvalue weighted by Gasteiger charge is 2.23. The summed E-state index contributed by atoms with van der Waals surface area (Å²) in [6, 6.07) is 12.2. The molecule has 0 spiro atoms. The monoisotopic (exact) mass is 448 g/mol. The third kappa shape index (κ3) is 4.40. The maximum Gasteiger partial charge on any atom is 0.419 e. The number of benzene rings is 2. The van der Waals surface area contributed by atoms with E-state index in [9.17, 15) is 14.0 Å². The molecule has 4 aromatic rings. The fraction of sp³-hybridized carbons (Fsp3) is 0.217. The van der Waals surface area contributed by atoms with Gasteiger partial charge < -0.3 is 20.4 Å². The summed E-state index contributed by atoms with van der Waals surface area (Å²) >= 11 is 0. The van der Waals surface area contributed by atoms with E-state index in [-0.39, 0.29) is 23.7 Å². The fourth-order valence-electron chi connectivity index (χ4n) is 3.43. The number of rotatable bonds is 7. The van der Waals surface area contributed by atoms with Crippen molar-refractivity contribution in [2.24, 2.45) is 0 Å². The van der Waals surface area contributed by atoms with Gasteiger partial charge in [0.15, 0.2) is 17.2 Å². The lowest BCUT2D eigenvalue weighted by Crippen LogP contribution is -2.25. The zero-order valence-electron chi connectivity index (χ0n) is 17.8. The molecule has 10 heteroatoms. The number of anilines is 4. The molecule has 1 aliphatic rings. The molecule has 3 N–H and O–H groups in total. The average molecular weight is 448 g/mol. The zero-order valence-corrected chi connectivity index (χ0v) is 17.8. The van der Waals surface area contributed by atoms with Gasteiger partial charge in [0, 0.05) is 35.6 Å². The van der Waals surface area contributed by atoms with Gasteiger partial charge in [0.2, 0.25) is 5.95 Å². The van der Waals surface area contributed by atoms with Gasteiger partial charge in [0.1, 0.15) is 0 Å². The van der Waals surface area contributed by atoms with E-state index in [1.807, 2.05) is 6.92 Å². The number of oxazole rings is 1. The Morgan fingerprint density at radius 2 is 1.91 bits per heavy atom. The first-order chi connectivity index (χ1) is 16.0. The normalized spacial score (nSPS) is 13.2. The summed E-state index contributed by atoms with van der Waals surface area (Å²) in [5.41, 5.74) is 2.81. The minimum Gasteiger partial charge on any atom is -0.408 e. The number of halogens is 1. The molecule has 1 saturated carbocycles. The van der Waals surface area contributed by atoms with Crippen molar-refractivity contribution in [2.75, 3.05) is 10.6 Å². The van der Waals surface area contributed by atoms with Gasteiger partial charge in [0.05, 0.1) is 11.7 Å². The molecule has 0 radical (unpaired) electrons. The van der Waals surface area contributed by atoms with Crippen molar-refractivity contribution in [3.8, 4) is 0 Å². The molecule has 0 atom stereocenters. The quantitative estimate of drug-likeness (QED) is 0.393. The van der Waals surface area contributed by atoms with E-state index in [0.717, 1.165) is 19.0 Å². The van der Waals surface area contributed by atoms with Gasteiger partial charge in [-0.1, -0.05) is 0 Å². The Kier molecular flexibility index (Phi) is 5.25. The molecule has 1 amide bonds. The maximum absolute atomic E-state index is 14.3. The van der Waals surface area contributed by atoms with E-state index in [0.29, 0.717) is 34.6 Å². The van der Waals surface area contributed by atoms with Crippen molar-refractivity contribution in [3.05, 3.63) is 70.6 Å². The molecule has 2 heterocycles. The van der Waals surface area contributed by atoms with Crippen LogP contribution in [0.5, 0.6) is 0 Å². The van der Waals surface area contributed by atoms with E-state index in [4.69, 9.17) is 4.42 Å². The number of carbonyl (C=O) groups is 1. The SMILES string of the molecule is CCn1c(=O)oc2cc(Nc3ncc(F)c(Nc4ccc(C(=O)NC5CC5)cc4)n3)ccc21. The van der Waals surface area contributed by atoms with Crippen LogP contribution in [0, 0.1) is 5.82 Å². The molecule has 2 aromatic carbocycles. The summed E-state index contributed by atoms with van der Waals surface area (Å²) < 4.78 is 21.1. The lowest BCUT2D eigenvalue weighted by Gasteiger charge is -2.10. The predicted octanol–water partition coefficient (Wildman–Crippen LogP) is 3.92. The summed E-state index contributed by atoms with van der Waals surface area (Å²) in [5, 5.41) is 8.82. The molecule has 33 heavy (non-hydrogen) atoms. The Morgan fingerprint density at radius 1 is 1.15 bits per heavy atom. The summed E-state index contributed by atoms with van der Waals surface area (Å²) in [4.78, 5) is 32.2. The molecule has 9 nitrogen and oxygen atoms in total. The number of carbonyl (C=O) groups excluding carboxylic acids is 1. The Balaban J connectivity index is 1.32. The van der Waals surface area contributed by atoms with Crippen molar-refractivity contribution in [1.82, 2.24) is 19.9 Å². The first-order valence-corrected chi connectivity index (χ1v) is 10.6. The van der Waals surface area contributed by atoms with E-state index in [2.05, 4.69) is 25.9 Å². The standard InChI is InChI=1S/C23H21FN6O3/c1-2-30-18-10-9-16(11-19(18)33-23(30)32)28-22-25-12-17(24)20(29-22)26-14-5-3-13(4-6-14)21(31)27-15-7-8-15/h3-6,9-12,15H,2,7-8H2,1H3,(H,27,31)(H2,25,26,28,29). The maximum atomic E-state index is 14.3. The van der Waals surface area contributed by atoms with Crippen LogP contribution in [0.25, 0.3) is 11.1 Å². The van der Waals surface area contributed by atoms with Gasteiger partial charge in [0.25, 0.3) is 5.91 Å². The molecular formula is C23H21FN6O3. The molecule has 0 saturated heterocycles. The van der Waals surface area contributed by atoms with E-state index < -0.39 is 11.6 Å². The van der Waals surface area contributed by atoms with Crippen LogP contribution < -0.4 is 21.7 Å². The van der Waals surface area contributed by atoms with Gasteiger partial charge in [-0.05, 0) is 56.2 Å². The first-order valence-electron chi connectivity index (χ1n) is 10.6. The van der Waals surface area contributed by atoms with Crippen molar-refractivity contribution in [3.63, 3.8) is 0 Å². The van der Waals surface area contributed by atoms with Crippen LogP contribution >= 0.6 is 0 Å². The van der Waals surface area contributed by atoms with Crippen molar-refractivity contribution in [1.29, 1.82) is 0 Å². The lowest BCUT2D eigenvalue weighted by atomic mass is 10.2. The van der Waals surface area contributed by atoms with Crippen molar-refractivity contribution >= 4 is 40.1 Å². The lowest BCUT2D eigenvalue weighted by molar-refractivity contribution is 0.0951. The summed E-state index contributed by atoms with van der Waals surface area (Å²) in [6.45, 7) is 2.36. The molecule has 0 unspecified atom stereocenters. The topological polar surface area (TPSA) is 114 Å². The van der Waals surface area contributed by atoms with E-state index in [1.165, 1.54) is 4.57 Å². The number of aryl methyl sites for hydroxylation is 1. The second-order valence-corrected chi connectivity index (χ2v) is 7.76. The molecule has 0 aliphatic heterocycles. The van der Waals surface area contributed by atoms with E-state index in [1.54, 1.807) is 42.5 Å². The smallest absolute Gasteiger partial charge is 0.408 e. The average Bonchev–Trinajstić information content (AvgIpc) is 3.56. The highest BCUT2D eigenvalue weighted by molar-refractivity contribution is 5.95. The van der Waals surface area contributed by atoms with Crippen LogP contribution in [0.2, 0.25) is 0 Å². The Bertz CT molecular complexity index is 1390. The van der Waals surface area contributed by atoms with E-state index >= 15 is 0 Å². The third-order valence-corrected chi connectivity index (χ3v) is 5.31. The van der Waals surface area contributed by atoms with Crippen LogP contribution in [0.3, 0.4) is 0 Å². The summed E-state index contributed by atoms with van der Waals surface area (Å²) in [7, 11) is 0. The number of fused-ring (bicyclic) bond motifs is 1. The highest BCUT2D eigenvalue weighted by atomic mass is 19.1. The molecule has 2 aromatic heterocycles. The molecule has 168 valence electrons. The van der Waals surface area contributed by atoms with Gasteiger partial charge in [-0.2, -0.15) is 4.98 Å². The van der Waals surface area contributed by atoms with Crippen LogP contribution in [-0.4, -0.2) is 26.5 Å². The largest absolute Gasteiger partial charge is 0.419 e. The summed E-state index contributed by atoms with van der Waals surface area (Å²) in [6.07, 6.45) is 3.09. The number of nitrogens with zero attached hydrogens (tertiary/aromatic N) is 3. The number of nitrogens with one attached hydrogen (secondary N) is 3. The number of amides is 1. The summed E-state index contributed by atoms with van der Waals surface area (Å²) in [5.74, 6) is -1.03. The molecule has 1 fully saturated rings. The molecule has 0 bridgehead atoms. The van der Waals surface area contributed by atoms with Crippen LogP contribution in [0.15, 0.2) is 57.9 Å². The van der Waals surface area contributed by atoms with Gasteiger partial charge in [-0.3, -0.25) is 9.36 Å². The Morgan fingerprint density at radius 3 is 2.64 bits per heavy atom. The van der Waals surface area contributed by atoms with Crippen molar-refractivity contribution < 1.29 is 13.6 Å². The number of hydrogen-bond acceptors (Lipinski definition) is 7. The van der Waals surface area contributed by atoms with Crippen LogP contribution in [0.4, 0.5) is 27.5 Å². The first kappa shape index (κ1) is 20.7. The minimum atomic E-state index is -0.627. The molecular weight excluding hydrogens is 427 g/mol.